The van der Waals surface area contributed by atoms with E-state index < -0.39 is 17.1 Å². The van der Waals surface area contributed by atoms with E-state index in [1.165, 1.54) is 7.05 Å². The number of hydrogen-bond donors (Lipinski definition) is 2. The summed E-state index contributed by atoms with van der Waals surface area (Å²) in [6, 6.07) is 0. The second kappa shape index (κ2) is 6.17. The Bertz CT molecular complexity index is 560. The summed E-state index contributed by atoms with van der Waals surface area (Å²) in [6.07, 6.45) is 1.08. The molecule has 112 valence electrons. The van der Waals surface area contributed by atoms with Gasteiger partial charge in [-0.2, -0.15) is 5.10 Å². The van der Waals surface area contributed by atoms with Gasteiger partial charge in [0.1, 0.15) is 5.56 Å². The minimum absolute atomic E-state index is 0.0922. The number of carbonyl (C=O) groups is 1. The molecule has 20 heavy (non-hydrogen) atoms. The summed E-state index contributed by atoms with van der Waals surface area (Å²) < 4.78 is 1.16. The molecule has 0 fully saturated rings. The smallest absolute Gasteiger partial charge is 0.279 e. The molecule has 2 N–H and O–H groups in total. The van der Waals surface area contributed by atoms with Crippen molar-refractivity contribution in [1.29, 1.82) is 0 Å². The Kier molecular flexibility index (Phi) is 5.05. The van der Waals surface area contributed by atoms with Gasteiger partial charge in [-0.1, -0.05) is 13.8 Å². The normalized spacial score (nSPS) is 11.5. The standard InChI is InChI=1S/C14H23N3O3/c1-6-14(20,7-2)8-15-12(18)11-9(3)10(4)16-17(5)13(11)19/h20H,6-8H2,1-5H3,(H,15,18). The number of carbonyl (C=O) groups excluding carboxylic acids is 1. The Morgan fingerprint density at radius 2 is 1.90 bits per heavy atom. The van der Waals surface area contributed by atoms with Crippen molar-refractivity contribution in [2.45, 2.75) is 46.1 Å². The number of rotatable bonds is 5. The van der Waals surface area contributed by atoms with Crippen LogP contribution in [0.1, 0.15) is 48.3 Å². The maximum absolute atomic E-state index is 12.2. The summed E-state index contributed by atoms with van der Waals surface area (Å²) in [7, 11) is 1.51. The highest BCUT2D eigenvalue weighted by Gasteiger charge is 2.25. The summed E-state index contributed by atoms with van der Waals surface area (Å²) >= 11 is 0. The highest BCUT2D eigenvalue weighted by molar-refractivity contribution is 5.95. The molecule has 0 spiro atoms. The van der Waals surface area contributed by atoms with Crippen LogP contribution in [0.3, 0.4) is 0 Å². The molecule has 0 aliphatic carbocycles. The van der Waals surface area contributed by atoms with Crippen LogP contribution in [-0.2, 0) is 7.05 Å². The lowest BCUT2D eigenvalue weighted by atomic mass is 9.97. The van der Waals surface area contributed by atoms with Gasteiger partial charge in [-0.05, 0) is 32.3 Å². The van der Waals surface area contributed by atoms with Crippen molar-refractivity contribution in [3.63, 3.8) is 0 Å². The van der Waals surface area contributed by atoms with Gasteiger partial charge in [-0.3, -0.25) is 9.59 Å². The first-order valence-electron chi connectivity index (χ1n) is 6.80. The average Bonchev–Trinajstić information content (AvgIpc) is 2.43. The molecule has 1 amide bonds. The second-order valence-electron chi connectivity index (χ2n) is 5.13. The van der Waals surface area contributed by atoms with Crippen molar-refractivity contribution in [3.05, 3.63) is 27.2 Å². The quantitative estimate of drug-likeness (QED) is 0.831. The van der Waals surface area contributed by atoms with Crippen LogP contribution in [0.2, 0.25) is 0 Å². The molecule has 0 saturated carbocycles. The Morgan fingerprint density at radius 1 is 1.35 bits per heavy atom. The molecule has 0 atom stereocenters. The number of amides is 1. The Hall–Kier alpha value is -1.69. The predicted octanol–water partition coefficient (Wildman–Crippen LogP) is 0.678. The van der Waals surface area contributed by atoms with Gasteiger partial charge in [0.05, 0.1) is 11.3 Å². The first-order chi connectivity index (χ1) is 9.25. The van der Waals surface area contributed by atoms with Gasteiger partial charge < -0.3 is 10.4 Å². The number of nitrogens with one attached hydrogen (secondary N) is 1. The third-order valence-electron chi connectivity index (χ3n) is 3.85. The van der Waals surface area contributed by atoms with Gasteiger partial charge in [0, 0.05) is 13.6 Å². The van der Waals surface area contributed by atoms with Gasteiger partial charge in [-0.15, -0.1) is 0 Å². The Labute approximate surface area is 118 Å². The van der Waals surface area contributed by atoms with E-state index in [0.717, 1.165) is 4.68 Å². The van der Waals surface area contributed by atoms with Crippen molar-refractivity contribution in [2.24, 2.45) is 7.05 Å². The number of aryl methyl sites for hydroxylation is 2. The van der Waals surface area contributed by atoms with E-state index in [-0.39, 0.29) is 12.1 Å². The maximum Gasteiger partial charge on any atom is 0.279 e. The Morgan fingerprint density at radius 3 is 2.40 bits per heavy atom. The van der Waals surface area contributed by atoms with Crippen LogP contribution in [0.5, 0.6) is 0 Å². The molecule has 1 heterocycles. The third-order valence-corrected chi connectivity index (χ3v) is 3.85. The van der Waals surface area contributed by atoms with Gasteiger partial charge >= 0.3 is 0 Å². The zero-order chi connectivity index (χ0) is 15.5. The molecule has 6 nitrogen and oxygen atoms in total. The van der Waals surface area contributed by atoms with E-state index in [2.05, 4.69) is 10.4 Å². The van der Waals surface area contributed by atoms with Crippen molar-refractivity contribution in [3.8, 4) is 0 Å². The molecular formula is C14H23N3O3. The van der Waals surface area contributed by atoms with Crippen LogP contribution in [-0.4, -0.2) is 32.9 Å². The Balaban J connectivity index is 3.03. The average molecular weight is 281 g/mol. The van der Waals surface area contributed by atoms with E-state index in [0.29, 0.717) is 24.1 Å². The fourth-order valence-corrected chi connectivity index (χ4v) is 1.95. The fourth-order valence-electron chi connectivity index (χ4n) is 1.95. The molecular weight excluding hydrogens is 258 g/mol. The van der Waals surface area contributed by atoms with Crippen LogP contribution < -0.4 is 10.9 Å². The lowest BCUT2D eigenvalue weighted by Crippen LogP contribution is -2.44. The van der Waals surface area contributed by atoms with Crippen LogP contribution >= 0.6 is 0 Å². The molecule has 1 aromatic rings. The molecule has 0 aliphatic rings. The largest absolute Gasteiger partial charge is 0.388 e. The minimum Gasteiger partial charge on any atom is -0.388 e. The first kappa shape index (κ1) is 16.4. The summed E-state index contributed by atoms with van der Waals surface area (Å²) in [5.74, 6) is -0.464. The van der Waals surface area contributed by atoms with Gasteiger partial charge in [0.15, 0.2) is 0 Å². The van der Waals surface area contributed by atoms with Gasteiger partial charge in [-0.25, -0.2) is 4.68 Å². The highest BCUT2D eigenvalue weighted by Crippen LogP contribution is 2.13. The van der Waals surface area contributed by atoms with E-state index in [1.54, 1.807) is 13.8 Å². The number of aromatic nitrogens is 2. The molecule has 0 saturated heterocycles. The van der Waals surface area contributed by atoms with E-state index in [9.17, 15) is 14.7 Å². The topological polar surface area (TPSA) is 84.2 Å². The van der Waals surface area contributed by atoms with Crippen molar-refractivity contribution < 1.29 is 9.90 Å². The minimum atomic E-state index is -0.934. The summed E-state index contributed by atoms with van der Waals surface area (Å²) in [5, 5.41) is 16.8. The van der Waals surface area contributed by atoms with Crippen LogP contribution in [0, 0.1) is 13.8 Å². The fraction of sp³-hybridized carbons (Fsp3) is 0.643. The monoisotopic (exact) mass is 281 g/mol. The molecule has 0 aliphatic heterocycles. The summed E-state index contributed by atoms with van der Waals surface area (Å²) in [5.41, 5.74) is -0.0611. The summed E-state index contributed by atoms with van der Waals surface area (Å²) in [4.78, 5) is 24.2. The lowest BCUT2D eigenvalue weighted by molar-refractivity contribution is 0.0313. The molecule has 6 heteroatoms. The zero-order valence-corrected chi connectivity index (χ0v) is 12.8. The lowest BCUT2D eigenvalue weighted by Gasteiger charge is -2.25. The molecule has 1 aromatic heterocycles. The highest BCUT2D eigenvalue weighted by atomic mass is 16.3. The summed E-state index contributed by atoms with van der Waals surface area (Å²) in [6.45, 7) is 7.29. The van der Waals surface area contributed by atoms with Gasteiger partial charge in [0.25, 0.3) is 11.5 Å². The molecule has 0 bridgehead atoms. The third kappa shape index (κ3) is 3.25. The van der Waals surface area contributed by atoms with Crippen molar-refractivity contribution >= 4 is 5.91 Å². The maximum atomic E-state index is 12.2. The number of aliphatic hydroxyl groups is 1. The van der Waals surface area contributed by atoms with Crippen molar-refractivity contribution in [2.75, 3.05) is 6.54 Å². The zero-order valence-electron chi connectivity index (χ0n) is 12.8. The molecule has 0 unspecified atom stereocenters. The SMILES string of the molecule is CCC(O)(CC)CNC(=O)c1c(C)c(C)nn(C)c1=O. The van der Waals surface area contributed by atoms with Gasteiger partial charge in [0.2, 0.25) is 0 Å². The van der Waals surface area contributed by atoms with Crippen molar-refractivity contribution in [1.82, 2.24) is 15.1 Å². The van der Waals surface area contributed by atoms with Crippen LogP contribution in [0.25, 0.3) is 0 Å². The van der Waals surface area contributed by atoms with Crippen LogP contribution in [0.15, 0.2) is 4.79 Å². The predicted molar refractivity (Wildman–Crippen MR) is 76.8 cm³/mol. The first-order valence-corrected chi connectivity index (χ1v) is 6.80. The number of hydrogen-bond acceptors (Lipinski definition) is 4. The molecule has 1 rings (SSSR count). The van der Waals surface area contributed by atoms with Crippen LogP contribution in [0.4, 0.5) is 0 Å². The number of nitrogens with zero attached hydrogens (tertiary/aromatic N) is 2. The van der Waals surface area contributed by atoms with E-state index >= 15 is 0 Å². The second-order valence-corrected chi connectivity index (χ2v) is 5.13. The van der Waals surface area contributed by atoms with E-state index in [1.807, 2.05) is 13.8 Å². The molecule has 0 radical (unpaired) electrons. The molecule has 0 aromatic carbocycles. The van der Waals surface area contributed by atoms with E-state index in [4.69, 9.17) is 0 Å².